The van der Waals surface area contributed by atoms with Crippen LogP contribution in [0.4, 0.5) is 0 Å². The first-order valence-electron chi connectivity index (χ1n) is 8.98. The summed E-state index contributed by atoms with van der Waals surface area (Å²) in [6, 6.07) is 4.33. The molecule has 1 saturated heterocycles. The molecule has 7 heteroatoms. The molecule has 0 atom stereocenters. The maximum Gasteiger partial charge on any atom is 0.240 e. The second-order valence-electron chi connectivity index (χ2n) is 7.23. The Balaban J connectivity index is 0.00000156. The van der Waals surface area contributed by atoms with Gasteiger partial charge in [-0.1, -0.05) is 25.3 Å². The zero-order chi connectivity index (χ0) is 16.1. The van der Waals surface area contributed by atoms with E-state index in [0.29, 0.717) is 5.92 Å². The van der Waals surface area contributed by atoms with E-state index in [1.54, 1.807) is 0 Å². The van der Waals surface area contributed by atoms with Gasteiger partial charge in [0.2, 0.25) is 5.91 Å². The number of amides is 1. The Labute approximate surface area is 167 Å². The Kier molecular flexibility index (Phi) is 9.75. The lowest BCUT2D eigenvalue weighted by Gasteiger charge is -2.34. The molecule has 2 aliphatic rings. The van der Waals surface area contributed by atoms with Crippen molar-refractivity contribution < 1.29 is 4.79 Å². The van der Waals surface area contributed by atoms with E-state index in [1.165, 1.54) is 24.1 Å². The minimum atomic E-state index is -0.599. The van der Waals surface area contributed by atoms with Gasteiger partial charge in [0.15, 0.2) is 0 Å². The van der Waals surface area contributed by atoms with E-state index >= 15 is 0 Å². The second-order valence-corrected chi connectivity index (χ2v) is 8.26. The van der Waals surface area contributed by atoms with Crippen molar-refractivity contribution in [1.82, 2.24) is 10.2 Å². The standard InChI is InChI=1S/C18H29N3OS.2ClH/c19-18(8-2-1-3-9-18)17(22)20-13-15-6-10-21(11-7-15)14-16-5-4-12-23-16;;/h4-5,12,15H,1-3,6-11,13-14,19H2,(H,20,22);2*1H. The van der Waals surface area contributed by atoms with Crippen LogP contribution in [0.25, 0.3) is 0 Å². The monoisotopic (exact) mass is 407 g/mol. The van der Waals surface area contributed by atoms with Gasteiger partial charge in [-0.3, -0.25) is 9.69 Å². The lowest BCUT2D eigenvalue weighted by molar-refractivity contribution is -0.127. The van der Waals surface area contributed by atoms with Crippen LogP contribution in [0.5, 0.6) is 0 Å². The fraction of sp³-hybridized carbons (Fsp3) is 0.722. The summed E-state index contributed by atoms with van der Waals surface area (Å²) in [7, 11) is 0. The molecule has 1 aliphatic heterocycles. The number of carbonyl (C=O) groups excluding carboxylic acids is 1. The van der Waals surface area contributed by atoms with E-state index in [0.717, 1.165) is 51.9 Å². The summed E-state index contributed by atoms with van der Waals surface area (Å²) in [4.78, 5) is 16.4. The summed E-state index contributed by atoms with van der Waals surface area (Å²) in [5, 5.41) is 5.29. The fourth-order valence-electron chi connectivity index (χ4n) is 3.79. The Morgan fingerprint density at radius 3 is 2.52 bits per heavy atom. The highest BCUT2D eigenvalue weighted by molar-refractivity contribution is 7.09. The van der Waals surface area contributed by atoms with Crippen LogP contribution in [0.2, 0.25) is 0 Å². The zero-order valence-electron chi connectivity index (χ0n) is 14.7. The van der Waals surface area contributed by atoms with Gasteiger partial charge >= 0.3 is 0 Å². The van der Waals surface area contributed by atoms with Crippen LogP contribution in [0.3, 0.4) is 0 Å². The third-order valence-corrected chi connectivity index (χ3v) is 6.28. The van der Waals surface area contributed by atoms with Crippen molar-refractivity contribution in [3.8, 4) is 0 Å². The molecule has 0 unspecified atom stereocenters. The quantitative estimate of drug-likeness (QED) is 0.783. The molecule has 3 N–H and O–H groups in total. The van der Waals surface area contributed by atoms with Crippen LogP contribution in [0, 0.1) is 5.92 Å². The zero-order valence-corrected chi connectivity index (χ0v) is 17.2. The van der Waals surface area contributed by atoms with E-state index in [4.69, 9.17) is 5.73 Å². The highest BCUT2D eigenvalue weighted by Gasteiger charge is 2.35. The number of thiophene rings is 1. The van der Waals surface area contributed by atoms with Crippen LogP contribution in [0.15, 0.2) is 17.5 Å². The molecular formula is C18H31Cl2N3OS. The van der Waals surface area contributed by atoms with Gasteiger partial charge in [-0.25, -0.2) is 0 Å². The third-order valence-electron chi connectivity index (χ3n) is 5.42. The molecule has 2 fully saturated rings. The van der Waals surface area contributed by atoms with Gasteiger partial charge in [0, 0.05) is 18.0 Å². The molecule has 4 nitrogen and oxygen atoms in total. The maximum absolute atomic E-state index is 12.4. The molecular weight excluding hydrogens is 377 g/mol. The number of hydrogen-bond donors (Lipinski definition) is 2. The topological polar surface area (TPSA) is 58.4 Å². The third kappa shape index (κ3) is 6.40. The number of piperidine rings is 1. The number of likely N-dealkylation sites (tertiary alicyclic amines) is 1. The van der Waals surface area contributed by atoms with Crippen LogP contribution in [-0.4, -0.2) is 36.0 Å². The average molecular weight is 408 g/mol. The van der Waals surface area contributed by atoms with Crippen LogP contribution < -0.4 is 11.1 Å². The summed E-state index contributed by atoms with van der Waals surface area (Å²) in [5.41, 5.74) is 5.70. The molecule has 0 bridgehead atoms. The second kappa shape index (κ2) is 10.7. The minimum Gasteiger partial charge on any atom is -0.354 e. The minimum absolute atomic E-state index is 0. The van der Waals surface area contributed by atoms with Crippen molar-refractivity contribution in [2.24, 2.45) is 11.7 Å². The van der Waals surface area contributed by atoms with E-state index < -0.39 is 5.54 Å². The summed E-state index contributed by atoms with van der Waals surface area (Å²) >= 11 is 1.83. The van der Waals surface area contributed by atoms with Crippen LogP contribution in [-0.2, 0) is 11.3 Å². The van der Waals surface area contributed by atoms with Gasteiger partial charge in [0.25, 0.3) is 0 Å². The van der Waals surface area contributed by atoms with E-state index in [2.05, 4.69) is 27.7 Å². The Morgan fingerprint density at radius 1 is 1.24 bits per heavy atom. The molecule has 1 amide bonds. The predicted molar refractivity (Wildman–Crippen MR) is 110 cm³/mol. The molecule has 1 saturated carbocycles. The molecule has 0 radical (unpaired) electrons. The van der Waals surface area contributed by atoms with Crippen molar-refractivity contribution in [2.75, 3.05) is 19.6 Å². The highest BCUT2D eigenvalue weighted by Crippen LogP contribution is 2.26. The van der Waals surface area contributed by atoms with Crippen molar-refractivity contribution in [2.45, 2.75) is 57.0 Å². The van der Waals surface area contributed by atoms with Gasteiger partial charge < -0.3 is 11.1 Å². The van der Waals surface area contributed by atoms with Crippen molar-refractivity contribution in [3.05, 3.63) is 22.4 Å². The molecule has 1 aromatic rings. The molecule has 3 rings (SSSR count). The van der Waals surface area contributed by atoms with Crippen molar-refractivity contribution >= 4 is 42.1 Å². The fourth-order valence-corrected chi connectivity index (χ4v) is 4.54. The number of hydrogen-bond acceptors (Lipinski definition) is 4. The average Bonchev–Trinajstić information content (AvgIpc) is 3.07. The maximum atomic E-state index is 12.4. The van der Waals surface area contributed by atoms with Gasteiger partial charge in [-0.05, 0) is 56.1 Å². The molecule has 0 aromatic carbocycles. The smallest absolute Gasteiger partial charge is 0.240 e. The molecule has 2 heterocycles. The Morgan fingerprint density at radius 2 is 1.92 bits per heavy atom. The van der Waals surface area contributed by atoms with Gasteiger partial charge in [0.05, 0.1) is 5.54 Å². The summed E-state index contributed by atoms with van der Waals surface area (Å²) < 4.78 is 0. The number of carbonyl (C=O) groups is 1. The number of halogens is 2. The summed E-state index contributed by atoms with van der Waals surface area (Å²) in [6.45, 7) is 4.13. The molecule has 1 aromatic heterocycles. The summed E-state index contributed by atoms with van der Waals surface area (Å²) in [6.07, 6.45) is 7.42. The van der Waals surface area contributed by atoms with Crippen LogP contribution >= 0.6 is 36.2 Å². The van der Waals surface area contributed by atoms with Gasteiger partial charge in [-0.2, -0.15) is 0 Å². The number of nitrogens with one attached hydrogen (secondary N) is 1. The Bertz CT molecular complexity index is 498. The summed E-state index contributed by atoms with van der Waals surface area (Å²) in [5.74, 6) is 0.684. The highest BCUT2D eigenvalue weighted by atomic mass is 35.5. The van der Waals surface area contributed by atoms with E-state index in [-0.39, 0.29) is 30.7 Å². The first kappa shape index (κ1) is 22.7. The normalized spacial score (nSPS) is 21.0. The predicted octanol–water partition coefficient (Wildman–Crippen LogP) is 3.58. The number of nitrogens with two attached hydrogens (primary N) is 1. The molecule has 25 heavy (non-hydrogen) atoms. The van der Waals surface area contributed by atoms with E-state index in [1.807, 2.05) is 11.3 Å². The molecule has 144 valence electrons. The van der Waals surface area contributed by atoms with Crippen molar-refractivity contribution in [1.29, 1.82) is 0 Å². The number of rotatable bonds is 5. The lowest BCUT2D eigenvalue weighted by Crippen LogP contribution is -2.55. The molecule has 0 spiro atoms. The lowest BCUT2D eigenvalue weighted by atomic mass is 9.81. The number of nitrogens with zero attached hydrogens (tertiary/aromatic N) is 1. The SMILES string of the molecule is Cl.Cl.NC1(C(=O)NCC2CCN(Cc3cccs3)CC2)CCCCC1. The Hall–Kier alpha value is -0.330. The first-order valence-corrected chi connectivity index (χ1v) is 9.86. The molecule has 1 aliphatic carbocycles. The van der Waals surface area contributed by atoms with E-state index in [9.17, 15) is 4.79 Å². The first-order chi connectivity index (χ1) is 11.2. The van der Waals surface area contributed by atoms with Crippen molar-refractivity contribution in [3.63, 3.8) is 0 Å². The van der Waals surface area contributed by atoms with Gasteiger partial charge in [-0.15, -0.1) is 36.2 Å². The van der Waals surface area contributed by atoms with Crippen LogP contribution in [0.1, 0.15) is 49.8 Å². The van der Waals surface area contributed by atoms with Gasteiger partial charge in [0.1, 0.15) is 0 Å². The largest absolute Gasteiger partial charge is 0.354 e.